The Hall–Kier alpha value is -0.410. The van der Waals surface area contributed by atoms with Gasteiger partial charge in [-0.3, -0.25) is 4.79 Å². The average molecular weight is 226 g/mol. The van der Waals surface area contributed by atoms with Crippen molar-refractivity contribution in [3.05, 3.63) is 0 Å². The Kier molecular flexibility index (Phi) is 3.10. The highest BCUT2D eigenvalue weighted by Gasteiger charge is 2.51. The van der Waals surface area contributed by atoms with Gasteiger partial charge in [0.25, 0.3) is 0 Å². The van der Waals surface area contributed by atoms with Crippen LogP contribution in [0.3, 0.4) is 0 Å². The molecule has 3 heteroatoms. The maximum atomic E-state index is 11.8. The first-order chi connectivity index (χ1) is 7.52. The van der Waals surface area contributed by atoms with Crippen molar-refractivity contribution in [2.24, 2.45) is 11.3 Å². The topological polar surface area (TPSA) is 35.5 Å². The van der Waals surface area contributed by atoms with E-state index >= 15 is 0 Å². The minimum absolute atomic E-state index is 0.171. The summed E-state index contributed by atoms with van der Waals surface area (Å²) in [4.78, 5) is 11.8. The van der Waals surface area contributed by atoms with Gasteiger partial charge in [-0.2, -0.15) is 0 Å². The largest absolute Gasteiger partial charge is 0.348 e. The summed E-state index contributed by atoms with van der Waals surface area (Å²) in [6, 6.07) is 0. The van der Waals surface area contributed by atoms with Crippen molar-refractivity contribution < 1.29 is 14.3 Å². The molecule has 92 valence electrons. The Bertz CT molecular complexity index is 281. The van der Waals surface area contributed by atoms with Gasteiger partial charge in [-0.25, -0.2) is 0 Å². The molecule has 0 bridgehead atoms. The van der Waals surface area contributed by atoms with Gasteiger partial charge in [-0.15, -0.1) is 0 Å². The van der Waals surface area contributed by atoms with E-state index in [1.807, 2.05) is 0 Å². The Morgan fingerprint density at radius 1 is 1.31 bits per heavy atom. The van der Waals surface area contributed by atoms with Crippen LogP contribution in [0.25, 0.3) is 0 Å². The molecule has 2 atom stereocenters. The van der Waals surface area contributed by atoms with E-state index in [-0.39, 0.29) is 11.2 Å². The van der Waals surface area contributed by atoms with Crippen molar-refractivity contribution in [2.75, 3.05) is 13.2 Å². The predicted octanol–water partition coefficient (Wildman–Crippen LogP) is 2.53. The normalized spacial score (nSPS) is 37.8. The zero-order valence-corrected chi connectivity index (χ0v) is 10.5. The van der Waals surface area contributed by atoms with Crippen LogP contribution in [-0.2, 0) is 14.3 Å². The van der Waals surface area contributed by atoms with Crippen LogP contribution in [0, 0.1) is 11.3 Å². The lowest BCUT2D eigenvalue weighted by atomic mass is 9.63. The van der Waals surface area contributed by atoms with Crippen molar-refractivity contribution in [1.82, 2.24) is 0 Å². The highest BCUT2D eigenvalue weighted by atomic mass is 16.7. The fraction of sp³-hybridized carbons (Fsp3) is 0.923. The van der Waals surface area contributed by atoms with E-state index in [0.717, 1.165) is 25.7 Å². The van der Waals surface area contributed by atoms with Crippen LogP contribution >= 0.6 is 0 Å². The van der Waals surface area contributed by atoms with Crippen LogP contribution in [0.1, 0.15) is 46.5 Å². The van der Waals surface area contributed by atoms with E-state index < -0.39 is 0 Å². The number of hydrogen-bond donors (Lipinski definition) is 0. The molecule has 0 radical (unpaired) electrons. The number of carbonyl (C=O) groups is 1. The van der Waals surface area contributed by atoms with Gasteiger partial charge in [0.05, 0.1) is 13.2 Å². The van der Waals surface area contributed by atoms with Crippen LogP contribution in [0.4, 0.5) is 0 Å². The first-order valence-electron chi connectivity index (χ1n) is 6.31. The number of rotatable bonds is 2. The summed E-state index contributed by atoms with van der Waals surface area (Å²) in [5.74, 6) is 0.333. The van der Waals surface area contributed by atoms with E-state index in [0.29, 0.717) is 24.9 Å². The molecule has 2 aliphatic rings. The maximum Gasteiger partial charge on any atom is 0.168 e. The van der Waals surface area contributed by atoms with E-state index in [9.17, 15) is 4.79 Å². The molecule has 1 heterocycles. The van der Waals surface area contributed by atoms with Gasteiger partial charge < -0.3 is 9.47 Å². The van der Waals surface area contributed by atoms with Gasteiger partial charge in [-0.05, 0) is 19.3 Å². The Morgan fingerprint density at radius 2 is 1.94 bits per heavy atom. The number of ether oxygens (including phenoxy) is 2. The number of ketones is 1. The highest BCUT2D eigenvalue weighted by molar-refractivity contribution is 5.82. The molecule has 1 saturated carbocycles. The lowest BCUT2D eigenvalue weighted by molar-refractivity contribution is -0.205. The van der Waals surface area contributed by atoms with Crippen molar-refractivity contribution in [3.8, 4) is 0 Å². The summed E-state index contributed by atoms with van der Waals surface area (Å²) in [6.07, 6.45) is 3.64. The molecule has 0 aromatic rings. The van der Waals surface area contributed by atoms with Crippen LogP contribution in [0.2, 0.25) is 0 Å². The Labute approximate surface area is 97.5 Å². The second-order valence-electron chi connectivity index (χ2n) is 5.39. The van der Waals surface area contributed by atoms with Gasteiger partial charge in [0, 0.05) is 18.3 Å². The third kappa shape index (κ3) is 1.80. The standard InChI is InChI=1S/C13H22O3/c1-4-11-9-13(15-7-8-16-13)6-5-12(11,3)10(2)14/h11H,4-9H2,1-3H3. The van der Waals surface area contributed by atoms with Gasteiger partial charge in [0.15, 0.2) is 5.79 Å². The average Bonchev–Trinajstić information content (AvgIpc) is 2.71. The summed E-state index contributed by atoms with van der Waals surface area (Å²) in [5, 5.41) is 0. The van der Waals surface area contributed by atoms with E-state index in [4.69, 9.17) is 9.47 Å². The van der Waals surface area contributed by atoms with Crippen molar-refractivity contribution in [1.29, 1.82) is 0 Å². The van der Waals surface area contributed by atoms with Crippen molar-refractivity contribution in [2.45, 2.75) is 52.2 Å². The fourth-order valence-electron chi connectivity index (χ4n) is 3.17. The summed E-state index contributed by atoms with van der Waals surface area (Å²) < 4.78 is 11.5. The van der Waals surface area contributed by atoms with Gasteiger partial charge in [-0.1, -0.05) is 20.3 Å². The number of hydrogen-bond acceptors (Lipinski definition) is 3. The third-order valence-electron chi connectivity index (χ3n) is 4.59. The lowest BCUT2D eigenvalue weighted by Gasteiger charge is -2.46. The zero-order chi connectivity index (χ0) is 11.8. The smallest absolute Gasteiger partial charge is 0.168 e. The van der Waals surface area contributed by atoms with Crippen molar-refractivity contribution in [3.63, 3.8) is 0 Å². The molecule has 0 amide bonds. The van der Waals surface area contributed by atoms with E-state index in [1.165, 1.54) is 0 Å². The Morgan fingerprint density at radius 3 is 2.44 bits per heavy atom. The van der Waals surface area contributed by atoms with Gasteiger partial charge in [0.1, 0.15) is 5.78 Å². The highest BCUT2D eigenvalue weighted by Crippen LogP contribution is 2.49. The monoisotopic (exact) mass is 226 g/mol. The third-order valence-corrected chi connectivity index (χ3v) is 4.59. The number of Topliss-reactive ketones (excluding diaryl/α,β-unsaturated/α-hetero) is 1. The molecule has 2 rings (SSSR count). The van der Waals surface area contributed by atoms with Crippen molar-refractivity contribution >= 4 is 5.78 Å². The van der Waals surface area contributed by atoms with Crippen LogP contribution in [-0.4, -0.2) is 24.8 Å². The van der Waals surface area contributed by atoms with E-state index in [1.54, 1.807) is 6.92 Å². The molecule has 1 aliphatic heterocycles. The molecule has 1 aliphatic carbocycles. The summed E-state index contributed by atoms with van der Waals surface area (Å²) in [5.41, 5.74) is -0.171. The summed E-state index contributed by atoms with van der Waals surface area (Å²) in [6.45, 7) is 7.38. The molecule has 0 aromatic carbocycles. The molecule has 2 fully saturated rings. The molecule has 16 heavy (non-hydrogen) atoms. The van der Waals surface area contributed by atoms with Gasteiger partial charge >= 0.3 is 0 Å². The molecule has 3 nitrogen and oxygen atoms in total. The molecule has 2 unspecified atom stereocenters. The SMILES string of the molecule is CCC1CC2(CCC1(C)C(C)=O)OCCO2. The summed E-state index contributed by atoms with van der Waals surface area (Å²) >= 11 is 0. The first-order valence-corrected chi connectivity index (χ1v) is 6.31. The maximum absolute atomic E-state index is 11.8. The molecule has 1 spiro atoms. The lowest BCUT2D eigenvalue weighted by Crippen LogP contribution is -2.47. The second kappa shape index (κ2) is 4.11. The molecule has 0 N–H and O–H groups in total. The summed E-state index contributed by atoms with van der Waals surface area (Å²) in [7, 11) is 0. The van der Waals surface area contributed by atoms with Crippen LogP contribution < -0.4 is 0 Å². The quantitative estimate of drug-likeness (QED) is 0.726. The van der Waals surface area contributed by atoms with Gasteiger partial charge in [0.2, 0.25) is 0 Å². The van der Waals surface area contributed by atoms with Crippen LogP contribution in [0.5, 0.6) is 0 Å². The minimum Gasteiger partial charge on any atom is -0.348 e. The van der Waals surface area contributed by atoms with E-state index in [2.05, 4.69) is 13.8 Å². The zero-order valence-electron chi connectivity index (χ0n) is 10.5. The first kappa shape index (κ1) is 12.1. The molecular weight excluding hydrogens is 204 g/mol. The molecule has 1 saturated heterocycles. The second-order valence-corrected chi connectivity index (χ2v) is 5.39. The Balaban J connectivity index is 2.16. The molecular formula is C13H22O3. The van der Waals surface area contributed by atoms with Crippen LogP contribution in [0.15, 0.2) is 0 Å². The predicted molar refractivity (Wildman–Crippen MR) is 61.1 cm³/mol. The minimum atomic E-state index is -0.365. The molecule has 0 aromatic heterocycles. The fourth-order valence-corrected chi connectivity index (χ4v) is 3.17. The number of carbonyl (C=O) groups excluding carboxylic acids is 1.